The van der Waals surface area contributed by atoms with Crippen LogP contribution in [0.1, 0.15) is 132 Å². The van der Waals surface area contributed by atoms with E-state index in [4.69, 9.17) is 42.7 Å². The van der Waals surface area contributed by atoms with Crippen LogP contribution < -0.4 is 0 Å². The van der Waals surface area contributed by atoms with Crippen LogP contribution in [0.15, 0.2) is 58.5 Å². The summed E-state index contributed by atoms with van der Waals surface area (Å²) in [5.41, 5.74) is 5.84. The number of thiophene rings is 2. The first-order valence-electron chi connectivity index (χ1n) is 20.5. The fourth-order valence-corrected chi connectivity index (χ4v) is 10.8. The Balaban J connectivity index is 1.08. The molecule has 0 bridgehead atoms. The monoisotopic (exact) mass is 910 g/mol. The highest BCUT2D eigenvalue weighted by Gasteiger charge is 2.37. The van der Waals surface area contributed by atoms with Crippen LogP contribution >= 0.6 is 45.9 Å². The Morgan fingerprint density at radius 1 is 0.645 bits per heavy atom. The number of aryl methyl sites for hydroxylation is 4. The van der Waals surface area contributed by atoms with E-state index in [1.807, 2.05) is 106 Å². The number of nitrogens with zero attached hydrogens (tertiary/aromatic N) is 8. The van der Waals surface area contributed by atoms with E-state index in [1.165, 1.54) is 4.88 Å². The highest BCUT2D eigenvalue weighted by atomic mass is 35.5. The van der Waals surface area contributed by atoms with Gasteiger partial charge in [0.05, 0.1) is 24.3 Å². The molecule has 1 unspecified atom stereocenters. The summed E-state index contributed by atoms with van der Waals surface area (Å²) in [4.78, 5) is 40.1. The first kappa shape index (κ1) is 43.6. The van der Waals surface area contributed by atoms with Crippen molar-refractivity contribution in [3.63, 3.8) is 0 Å². The Kier molecular flexibility index (Phi) is 11.7. The number of fused-ring (bicyclic) bond motifs is 6. The van der Waals surface area contributed by atoms with Crippen LogP contribution in [0.5, 0.6) is 0 Å². The van der Waals surface area contributed by atoms with Crippen LogP contribution in [0.4, 0.5) is 0 Å². The Bertz CT molecular complexity index is 2790. The van der Waals surface area contributed by atoms with Gasteiger partial charge < -0.3 is 9.47 Å². The minimum atomic E-state index is -0.836. The molecule has 0 radical (unpaired) electrons. The molecule has 2 aromatic carbocycles. The first-order chi connectivity index (χ1) is 29.3. The summed E-state index contributed by atoms with van der Waals surface area (Å²) in [6, 6.07) is 13.9. The summed E-state index contributed by atoms with van der Waals surface area (Å²) >= 11 is 15.9. The molecule has 0 saturated heterocycles. The summed E-state index contributed by atoms with van der Waals surface area (Å²) in [5, 5.41) is 21.1. The van der Waals surface area contributed by atoms with Crippen molar-refractivity contribution in [3.8, 4) is 10.0 Å². The number of esters is 2. The van der Waals surface area contributed by atoms with Crippen LogP contribution in [0.2, 0.25) is 10.0 Å². The maximum absolute atomic E-state index is 14.1. The van der Waals surface area contributed by atoms with Gasteiger partial charge in [0.2, 0.25) is 0 Å². The summed E-state index contributed by atoms with van der Waals surface area (Å²) in [7, 11) is 0. The van der Waals surface area contributed by atoms with Gasteiger partial charge in [0.25, 0.3) is 0 Å². The van der Waals surface area contributed by atoms with Gasteiger partial charge in [0.15, 0.2) is 11.6 Å². The molecule has 12 nitrogen and oxygen atoms in total. The maximum Gasteiger partial charge on any atom is 0.308 e. The van der Waals surface area contributed by atoms with Crippen molar-refractivity contribution in [2.75, 3.05) is 0 Å². The van der Waals surface area contributed by atoms with Gasteiger partial charge in [-0.25, -0.2) is 0 Å². The molecule has 0 spiro atoms. The lowest BCUT2D eigenvalue weighted by atomic mass is 9.96. The quantitative estimate of drug-likeness (QED) is 0.124. The second-order valence-corrected chi connectivity index (χ2v) is 20.6. The number of benzene rings is 2. The van der Waals surface area contributed by atoms with E-state index in [2.05, 4.69) is 41.2 Å². The SMILES string of the molecule is Cc1sc2c(c1C)C(c1ccc(Cl)cc1)=NC(CC(=O)OC(C)(C)CCc1sc3c(c1C)C(c1ccc(Cl)cc1)=N[C@@H](CC(=O)OC(C)(C)C)c1nnc(C)n1-3)c1nnc(C)n1-2. The third-order valence-corrected chi connectivity index (χ3v) is 14.1. The standard InChI is InChI=1S/C46H48Cl2N8O4S2/c1-23-25(3)61-43-37(23)39(28-11-15-30(47)16-12-28)49-33(41-53-51-26(4)55(41)43)22-36(58)60-46(9,10)20-19-34-24(2)38-40(29-13-17-31(48)18-14-29)50-32(21-35(57)59-45(6,7)8)42-54-52-27(5)56(42)44(38)62-34/h11-18,32-33H,19-22H2,1-10H3/t32-,33?/m0/s1. The third-order valence-electron chi connectivity index (χ3n) is 11.1. The Labute approximate surface area is 379 Å². The van der Waals surface area contributed by atoms with E-state index in [0.29, 0.717) is 40.4 Å². The average Bonchev–Trinajstić information content (AvgIpc) is 3.89. The van der Waals surface area contributed by atoms with Crippen molar-refractivity contribution in [3.05, 3.63) is 125 Å². The summed E-state index contributed by atoms with van der Waals surface area (Å²) in [6.45, 7) is 19.5. The summed E-state index contributed by atoms with van der Waals surface area (Å²) < 4.78 is 16.1. The molecule has 0 N–H and O–H groups in total. The van der Waals surface area contributed by atoms with Gasteiger partial charge >= 0.3 is 11.9 Å². The lowest BCUT2D eigenvalue weighted by Gasteiger charge is -2.26. The first-order valence-corrected chi connectivity index (χ1v) is 22.9. The average molecular weight is 912 g/mol. The molecule has 2 aliphatic heterocycles. The summed E-state index contributed by atoms with van der Waals surface area (Å²) in [6.07, 6.45) is 1.12. The predicted molar refractivity (Wildman–Crippen MR) is 245 cm³/mol. The number of ether oxygens (including phenoxy) is 2. The van der Waals surface area contributed by atoms with Crippen LogP contribution in [-0.2, 0) is 25.5 Å². The zero-order chi connectivity index (χ0) is 44.4. The van der Waals surface area contributed by atoms with Crippen LogP contribution in [0, 0.1) is 34.6 Å². The molecule has 322 valence electrons. The highest BCUT2D eigenvalue weighted by Crippen LogP contribution is 2.43. The molecule has 62 heavy (non-hydrogen) atoms. The van der Waals surface area contributed by atoms with Crippen LogP contribution in [-0.4, -0.2) is 64.1 Å². The minimum Gasteiger partial charge on any atom is -0.460 e. The van der Waals surface area contributed by atoms with Gasteiger partial charge in [-0.05, 0) is 117 Å². The lowest BCUT2D eigenvalue weighted by Crippen LogP contribution is -2.29. The molecular weight excluding hydrogens is 864 g/mol. The van der Waals surface area contributed by atoms with Gasteiger partial charge in [-0.3, -0.25) is 28.7 Å². The summed E-state index contributed by atoms with van der Waals surface area (Å²) in [5.74, 6) is 1.79. The van der Waals surface area contributed by atoms with Crippen molar-refractivity contribution in [2.45, 2.75) is 118 Å². The fraction of sp³-hybridized carbons (Fsp3) is 0.391. The molecule has 8 rings (SSSR count). The van der Waals surface area contributed by atoms with Gasteiger partial charge in [0, 0.05) is 42.1 Å². The Hall–Kier alpha value is -5.02. The molecule has 2 aliphatic rings. The number of halogens is 2. The van der Waals surface area contributed by atoms with Gasteiger partial charge in [-0.1, -0.05) is 47.5 Å². The number of hydrogen-bond acceptors (Lipinski definition) is 12. The Morgan fingerprint density at radius 3 is 1.58 bits per heavy atom. The number of carbonyl (C=O) groups is 2. The van der Waals surface area contributed by atoms with Gasteiger partial charge in [0.1, 0.15) is 44.9 Å². The molecule has 4 aromatic heterocycles. The van der Waals surface area contributed by atoms with E-state index in [0.717, 1.165) is 65.5 Å². The largest absolute Gasteiger partial charge is 0.460 e. The molecule has 0 fully saturated rings. The molecule has 0 amide bonds. The molecule has 6 aromatic rings. The Morgan fingerprint density at radius 2 is 1.10 bits per heavy atom. The second-order valence-electron chi connectivity index (χ2n) is 17.4. The molecule has 0 saturated carbocycles. The number of aliphatic imine (C=N–C) groups is 2. The smallest absolute Gasteiger partial charge is 0.308 e. The van der Waals surface area contributed by atoms with Gasteiger partial charge in [-0.15, -0.1) is 43.1 Å². The van der Waals surface area contributed by atoms with Crippen LogP contribution in [0.25, 0.3) is 10.0 Å². The van der Waals surface area contributed by atoms with Crippen LogP contribution in [0.3, 0.4) is 0 Å². The van der Waals surface area contributed by atoms with Gasteiger partial charge in [-0.2, -0.15) is 0 Å². The number of hydrogen-bond donors (Lipinski definition) is 0. The normalized spacial score (nSPS) is 16.0. The number of carbonyl (C=O) groups excluding carboxylic acids is 2. The van der Waals surface area contributed by atoms with Crippen molar-refractivity contribution in [1.82, 2.24) is 29.5 Å². The maximum atomic E-state index is 14.1. The van der Waals surface area contributed by atoms with Crippen molar-refractivity contribution < 1.29 is 19.1 Å². The number of aromatic nitrogens is 6. The van der Waals surface area contributed by atoms with Crippen molar-refractivity contribution >= 4 is 69.2 Å². The minimum absolute atomic E-state index is 0.00628. The molecule has 6 heterocycles. The zero-order valence-corrected chi connectivity index (χ0v) is 39.5. The van der Waals surface area contributed by atoms with E-state index in [-0.39, 0.29) is 24.8 Å². The second kappa shape index (κ2) is 16.6. The van der Waals surface area contributed by atoms with E-state index >= 15 is 0 Å². The topological polar surface area (TPSA) is 139 Å². The predicted octanol–water partition coefficient (Wildman–Crippen LogP) is 10.7. The third kappa shape index (κ3) is 8.54. The number of rotatable bonds is 10. The van der Waals surface area contributed by atoms with Crippen molar-refractivity contribution in [2.24, 2.45) is 9.98 Å². The zero-order valence-electron chi connectivity index (χ0n) is 36.4. The lowest BCUT2D eigenvalue weighted by molar-refractivity contribution is -0.158. The molecular formula is C46H48Cl2N8O4S2. The molecule has 0 aliphatic carbocycles. The molecule has 2 atom stereocenters. The van der Waals surface area contributed by atoms with E-state index in [1.54, 1.807) is 22.7 Å². The van der Waals surface area contributed by atoms with E-state index < -0.39 is 23.3 Å². The fourth-order valence-electron chi connectivity index (χ4n) is 7.95. The molecule has 16 heteroatoms. The van der Waals surface area contributed by atoms with E-state index in [9.17, 15) is 9.59 Å². The van der Waals surface area contributed by atoms with Crippen molar-refractivity contribution in [1.29, 1.82) is 0 Å². The highest BCUT2D eigenvalue weighted by molar-refractivity contribution is 7.15.